The van der Waals surface area contributed by atoms with Crippen molar-refractivity contribution in [3.05, 3.63) is 23.9 Å². The zero-order chi connectivity index (χ0) is 11.5. The smallest absolute Gasteiger partial charge is 0.335 e. The van der Waals surface area contributed by atoms with Crippen LogP contribution in [0.3, 0.4) is 0 Å². The van der Waals surface area contributed by atoms with Crippen molar-refractivity contribution in [2.75, 3.05) is 23.5 Å². The monoisotopic (exact) mass is 238 g/mol. The van der Waals surface area contributed by atoms with Crippen LogP contribution in [0.15, 0.2) is 18.3 Å². The van der Waals surface area contributed by atoms with Crippen LogP contribution in [0.4, 0.5) is 5.82 Å². The number of thioether (sulfide) groups is 1. The van der Waals surface area contributed by atoms with Crippen LogP contribution < -0.4 is 4.90 Å². The topological polar surface area (TPSA) is 53.4 Å². The first kappa shape index (κ1) is 11.3. The number of nitrogens with zero attached hydrogens (tertiary/aromatic N) is 2. The second-order valence-electron chi connectivity index (χ2n) is 3.84. The van der Waals surface area contributed by atoms with Gasteiger partial charge in [0.05, 0.1) is 5.56 Å². The molecule has 86 valence electrons. The Morgan fingerprint density at radius 1 is 1.69 bits per heavy atom. The van der Waals surface area contributed by atoms with Crippen molar-refractivity contribution >= 4 is 23.5 Å². The number of hydrogen-bond donors (Lipinski definition) is 1. The minimum absolute atomic E-state index is 0.294. The fourth-order valence-electron chi connectivity index (χ4n) is 1.76. The van der Waals surface area contributed by atoms with E-state index in [1.165, 1.54) is 11.8 Å². The van der Waals surface area contributed by atoms with E-state index in [4.69, 9.17) is 5.11 Å². The molecule has 0 amide bonds. The molecule has 2 rings (SSSR count). The summed E-state index contributed by atoms with van der Waals surface area (Å²) in [4.78, 5) is 17.1. The van der Waals surface area contributed by atoms with Crippen molar-refractivity contribution in [3.8, 4) is 0 Å². The maximum absolute atomic E-state index is 10.8. The lowest BCUT2D eigenvalue weighted by Gasteiger charge is -2.24. The summed E-state index contributed by atoms with van der Waals surface area (Å²) < 4.78 is 0. The van der Waals surface area contributed by atoms with Gasteiger partial charge in [0.25, 0.3) is 0 Å². The summed E-state index contributed by atoms with van der Waals surface area (Å²) in [5.41, 5.74) is 0.294. The van der Waals surface area contributed by atoms with E-state index in [1.54, 1.807) is 12.3 Å². The molecule has 0 aliphatic carbocycles. The Morgan fingerprint density at radius 2 is 2.50 bits per heavy atom. The second kappa shape index (κ2) is 4.74. The van der Waals surface area contributed by atoms with Crippen molar-refractivity contribution in [3.63, 3.8) is 0 Å². The van der Waals surface area contributed by atoms with Gasteiger partial charge < -0.3 is 10.0 Å². The molecule has 5 heteroatoms. The molecule has 1 aromatic rings. The lowest BCUT2D eigenvalue weighted by Crippen LogP contribution is -2.32. The highest BCUT2D eigenvalue weighted by Crippen LogP contribution is 2.24. The van der Waals surface area contributed by atoms with Crippen LogP contribution in [-0.4, -0.2) is 40.7 Å². The molecule has 1 atom stereocenters. The van der Waals surface area contributed by atoms with Crippen LogP contribution in [0.25, 0.3) is 0 Å². The highest BCUT2D eigenvalue weighted by molar-refractivity contribution is 7.99. The molecular formula is C11H14N2O2S. The van der Waals surface area contributed by atoms with Gasteiger partial charge in [0.1, 0.15) is 5.82 Å². The third-order valence-corrected chi connectivity index (χ3v) is 3.95. The van der Waals surface area contributed by atoms with Gasteiger partial charge in [0.15, 0.2) is 0 Å². The summed E-state index contributed by atoms with van der Waals surface area (Å²) in [6.45, 7) is 0. The molecule has 1 saturated heterocycles. The zero-order valence-corrected chi connectivity index (χ0v) is 9.91. The van der Waals surface area contributed by atoms with Gasteiger partial charge in [-0.1, -0.05) is 0 Å². The van der Waals surface area contributed by atoms with Crippen LogP contribution in [0, 0.1) is 0 Å². The Hall–Kier alpha value is -1.23. The molecule has 0 aromatic carbocycles. The normalized spacial score (nSPS) is 19.7. The van der Waals surface area contributed by atoms with Gasteiger partial charge in [-0.2, -0.15) is 11.8 Å². The van der Waals surface area contributed by atoms with E-state index >= 15 is 0 Å². The molecule has 2 heterocycles. The highest BCUT2D eigenvalue weighted by Gasteiger charge is 2.21. The third-order valence-electron chi connectivity index (χ3n) is 2.81. The van der Waals surface area contributed by atoms with E-state index < -0.39 is 5.97 Å². The molecule has 0 radical (unpaired) electrons. The van der Waals surface area contributed by atoms with Gasteiger partial charge in [0, 0.05) is 25.0 Å². The first-order valence-corrected chi connectivity index (χ1v) is 6.34. The maximum atomic E-state index is 10.8. The lowest BCUT2D eigenvalue weighted by molar-refractivity contribution is 0.0697. The van der Waals surface area contributed by atoms with E-state index in [1.807, 2.05) is 18.8 Å². The number of carbonyl (C=O) groups is 1. The molecule has 1 fully saturated rings. The average molecular weight is 238 g/mol. The summed E-state index contributed by atoms with van der Waals surface area (Å²) in [6, 6.07) is 3.62. The molecular weight excluding hydrogens is 224 g/mol. The fourth-order valence-corrected chi connectivity index (χ4v) is 3.03. The predicted molar refractivity (Wildman–Crippen MR) is 65.3 cm³/mol. The van der Waals surface area contributed by atoms with E-state index in [0.29, 0.717) is 11.6 Å². The molecule has 0 spiro atoms. The standard InChI is InChI=1S/C11H14N2O2S/c1-13(9-3-5-16-7-9)10-6-8(11(14)15)2-4-12-10/h2,4,6,9H,3,5,7H2,1H3,(H,14,15). The van der Waals surface area contributed by atoms with E-state index in [0.717, 1.165) is 18.0 Å². The number of carboxylic acids is 1. The Morgan fingerprint density at radius 3 is 3.12 bits per heavy atom. The van der Waals surface area contributed by atoms with Crippen molar-refractivity contribution in [2.24, 2.45) is 0 Å². The van der Waals surface area contributed by atoms with Crippen LogP contribution in [-0.2, 0) is 0 Å². The quantitative estimate of drug-likeness (QED) is 0.869. The van der Waals surface area contributed by atoms with Gasteiger partial charge in [-0.25, -0.2) is 9.78 Å². The molecule has 1 aromatic heterocycles. The number of rotatable bonds is 3. The van der Waals surface area contributed by atoms with Crippen LogP contribution in [0.2, 0.25) is 0 Å². The Kier molecular flexibility index (Phi) is 3.33. The summed E-state index contributed by atoms with van der Waals surface area (Å²) in [6.07, 6.45) is 2.69. The second-order valence-corrected chi connectivity index (χ2v) is 4.99. The molecule has 1 unspecified atom stereocenters. The van der Waals surface area contributed by atoms with Crippen LogP contribution in [0.5, 0.6) is 0 Å². The summed E-state index contributed by atoms with van der Waals surface area (Å²) in [5.74, 6) is 2.11. The summed E-state index contributed by atoms with van der Waals surface area (Å²) in [7, 11) is 1.98. The van der Waals surface area contributed by atoms with Gasteiger partial charge in [0.2, 0.25) is 0 Å². The third kappa shape index (κ3) is 2.29. The van der Waals surface area contributed by atoms with Crippen molar-refractivity contribution in [1.29, 1.82) is 0 Å². The number of pyridine rings is 1. The SMILES string of the molecule is CN(c1cc(C(=O)O)ccn1)C1CCSC1. The summed E-state index contributed by atoms with van der Waals surface area (Å²) in [5, 5.41) is 8.91. The average Bonchev–Trinajstić information content (AvgIpc) is 2.81. The molecule has 0 bridgehead atoms. The van der Waals surface area contributed by atoms with Gasteiger partial charge >= 0.3 is 5.97 Å². The zero-order valence-electron chi connectivity index (χ0n) is 9.09. The predicted octanol–water partition coefficient (Wildman–Crippen LogP) is 1.72. The Labute approximate surface area is 98.7 Å². The molecule has 1 aliphatic rings. The molecule has 0 saturated carbocycles. The van der Waals surface area contributed by atoms with E-state index in [-0.39, 0.29) is 0 Å². The van der Waals surface area contributed by atoms with Crippen LogP contribution >= 0.6 is 11.8 Å². The number of hydrogen-bond acceptors (Lipinski definition) is 4. The highest BCUT2D eigenvalue weighted by atomic mass is 32.2. The minimum atomic E-state index is -0.905. The molecule has 16 heavy (non-hydrogen) atoms. The molecule has 1 aliphatic heterocycles. The maximum Gasteiger partial charge on any atom is 0.335 e. The van der Waals surface area contributed by atoms with Crippen LogP contribution in [0.1, 0.15) is 16.8 Å². The largest absolute Gasteiger partial charge is 0.478 e. The van der Waals surface area contributed by atoms with Gasteiger partial charge in [-0.05, 0) is 24.3 Å². The first-order chi connectivity index (χ1) is 7.68. The number of aromatic nitrogens is 1. The molecule has 4 nitrogen and oxygen atoms in total. The Bertz CT molecular complexity index is 391. The minimum Gasteiger partial charge on any atom is -0.478 e. The lowest BCUT2D eigenvalue weighted by atomic mass is 10.2. The fraction of sp³-hybridized carbons (Fsp3) is 0.455. The molecule has 1 N–H and O–H groups in total. The number of anilines is 1. The van der Waals surface area contributed by atoms with Crippen molar-refractivity contribution < 1.29 is 9.90 Å². The van der Waals surface area contributed by atoms with Crippen molar-refractivity contribution in [2.45, 2.75) is 12.5 Å². The van der Waals surface area contributed by atoms with Crippen molar-refractivity contribution in [1.82, 2.24) is 4.98 Å². The number of aromatic carboxylic acids is 1. The van der Waals surface area contributed by atoms with E-state index in [9.17, 15) is 4.79 Å². The summed E-state index contributed by atoms with van der Waals surface area (Å²) >= 11 is 1.93. The van der Waals surface area contributed by atoms with E-state index in [2.05, 4.69) is 9.88 Å². The Balaban J connectivity index is 2.18. The van der Waals surface area contributed by atoms with Gasteiger partial charge in [-0.3, -0.25) is 0 Å². The van der Waals surface area contributed by atoms with Gasteiger partial charge in [-0.15, -0.1) is 0 Å². The first-order valence-electron chi connectivity index (χ1n) is 5.18. The number of carboxylic acid groups (broad SMARTS) is 1.